The van der Waals surface area contributed by atoms with E-state index in [-0.39, 0.29) is 38.2 Å². The van der Waals surface area contributed by atoms with Crippen LogP contribution >= 0.6 is 23.2 Å². The normalized spacial score (nSPS) is 11.7. The fourth-order valence-corrected chi connectivity index (χ4v) is 4.96. The molecule has 0 saturated carbocycles. The van der Waals surface area contributed by atoms with E-state index in [2.05, 4.69) is 15.5 Å². The lowest BCUT2D eigenvalue weighted by Gasteiger charge is -2.13. The first-order valence-electron chi connectivity index (χ1n) is 10.6. The minimum atomic E-state index is -4.57. The number of fused-ring (bicyclic) bond motifs is 1. The highest BCUT2D eigenvalue weighted by Crippen LogP contribution is 2.41. The third kappa shape index (κ3) is 5.37. The minimum Gasteiger partial charge on any atom is -0.505 e. The second kappa shape index (κ2) is 10.3. The topological polar surface area (TPSA) is 138 Å². The van der Waals surface area contributed by atoms with Crippen molar-refractivity contribution in [3.63, 3.8) is 0 Å². The van der Waals surface area contributed by atoms with Crippen LogP contribution in [0.5, 0.6) is 11.5 Å². The van der Waals surface area contributed by atoms with Crippen molar-refractivity contribution >= 4 is 67.1 Å². The Morgan fingerprint density at radius 1 is 1.03 bits per heavy atom. The van der Waals surface area contributed by atoms with E-state index < -0.39 is 26.7 Å². The summed E-state index contributed by atoms with van der Waals surface area (Å²) in [4.78, 5) is 12.7. The largest absolute Gasteiger partial charge is 0.505 e. The van der Waals surface area contributed by atoms with Gasteiger partial charge in [-0.3, -0.25) is 9.35 Å². The smallest absolute Gasteiger partial charge is 0.294 e. The lowest BCUT2D eigenvalue weighted by atomic mass is 10.0. The number of anilines is 1. The summed E-state index contributed by atoms with van der Waals surface area (Å²) in [5, 5.41) is 23.2. The molecule has 0 atom stereocenters. The van der Waals surface area contributed by atoms with Crippen molar-refractivity contribution in [2.75, 3.05) is 12.4 Å². The molecule has 3 N–H and O–H groups in total. The fraction of sp³-hybridized carbons (Fsp3) is 0.0800. The highest BCUT2D eigenvalue weighted by molar-refractivity contribution is 7.85. The molecule has 0 aliphatic carbocycles. The van der Waals surface area contributed by atoms with Crippen LogP contribution in [-0.2, 0) is 10.1 Å². The van der Waals surface area contributed by atoms with E-state index in [0.29, 0.717) is 16.5 Å². The molecule has 0 saturated heterocycles. The van der Waals surface area contributed by atoms with Gasteiger partial charge >= 0.3 is 0 Å². The molecule has 0 fully saturated rings. The number of azo groups is 1. The van der Waals surface area contributed by atoms with Crippen LogP contribution in [0, 0.1) is 6.92 Å². The molecule has 1 amide bonds. The number of halogens is 2. The van der Waals surface area contributed by atoms with Crippen LogP contribution in [0.2, 0.25) is 10.0 Å². The van der Waals surface area contributed by atoms with Crippen molar-refractivity contribution in [2.45, 2.75) is 11.8 Å². The SMILES string of the molecule is COc1cccc(NC(=O)c2cc3ccccc3c(N=Nc3cc(Cl)cc(S(=O)(=O)O)c3C)c2O)c1Cl. The van der Waals surface area contributed by atoms with E-state index >= 15 is 0 Å². The number of nitrogens with zero attached hydrogens (tertiary/aromatic N) is 2. The summed E-state index contributed by atoms with van der Waals surface area (Å²) in [5.74, 6) is -0.769. The van der Waals surface area contributed by atoms with Gasteiger partial charge in [-0.15, -0.1) is 5.11 Å². The molecular weight excluding hydrogens is 541 g/mol. The molecule has 0 aliphatic rings. The van der Waals surface area contributed by atoms with Crippen LogP contribution in [0.15, 0.2) is 75.8 Å². The molecule has 0 aliphatic heterocycles. The summed E-state index contributed by atoms with van der Waals surface area (Å²) in [6, 6.07) is 15.7. The predicted octanol–water partition coefficient (Wildman–Crippen LogP) is 7.08. The number of nitrogens with one attached hydrogen (secondary N) is 1. The van der Waals surface area contributed by atoms with Crippen molar-refractivity contribution in [1.82, 2.24) is 0 Å². The third-order valence-corrected chi connectivity index (χ3v) is 7.09. The van der Waals surface area contributed by atoms with Crippen molar-refractivity contribution in [3.8, 4) is 11.5 Å². The second-order valence-electron chi connectivity index (χ2n) is 7.84. The van der Waals surface area contributed by atoms with Gasteiger partial charge in [0.2, 0.25) is 0 Å². The van der Waals surface area contributed by atoms with Crippen LogP contribution < -0.4 is 10.1 Å². The Morgan fingerprint density at radius 3 is 2.46 bits per heavy atom. The molecule has 4 aromatic rings. The van der Waals surface area contributed by atoms with E-state index in [4.69, 9.17) is 27.9 Å². The first kappa shape index (κ1) is 26.4. The molecule has 0 spiro atoms. The van der Waals surface area contributed by atoms with E-state index in [1.807, 2.05) is 0 Å². The molecule has 12 heteroatoms. The van der Waals surface area contributed by atoms with E-state index in [1.54, 1.807) is 42.5 Å². The maximum absolute atomic E-state index is 13.2. The standard InChI is InChI=1S/C25H19Cl2N3O6S/c1-13-19(11-15(26)12-21(13)37(33,34)35)29-30-23-16-7-4-3-6-14(16)10-17(24(23)31)25(32)28-18-8-5-9-20(36-2)22(18)27/h3-12,31H,1-2H3,(H,28,32)(H,33,34,35). The minimum absolute atomic E-state index is 0.00421. The number of phenols is 1. The van der Waals surface area contributed by atoms with Crippen LogP contribution in [0.25, 0.3) is 10.8 Å². The third-order valence-electron chi connectivity index (χ3n) is 5.50. The summed E-state index contributed by atoms with van der Waals surface area (Å²) >= 11 is 12.3. The molecule has 4 aromatic carbocycles. The quantitative estimate of drug-likeness (QED) is 0.170. The maximum atomic E-state index is 13.2. The van der Waals surface area contributed by atoms with Gasteiger partial charge in [0.25, 0.3) is 16.0 Å². The summed E-state index contributed by atoms with van der Waals surface area (Å²) in [6.45, 7) is 1.42. The zero-order chi connectivity index (χ0) is 26.9. The summed E-state index contributed by atoms with van der Waals surface area (Å²) in [7, 11) is -3.12. The monoisotopic (exact) mass is 559 g/mol. The van der Waals surface area contributed by atoms with Gasteiger partial charge in [0.15, 0.2) is 5.75 Å². The number of hydrogen-bond donors (Lipinski definition) is 3. The molecule has 0 unspecified atom stereocenters. The molecule has 4 rings (SSSR count). The molecule has 0 heterocycles. The van der Waals surface area contributed by atoms with Crippen LogP contribution in [0.3, 0.4) is 0 Å². The average molecular weight is 560 g/mol. The lowest BCUT2D eigenvalue weighted by Crippen LogP contribution is -2.12. The van der Waals surface area contributed by atoms with Crippen molar-refractivity contribution in [1.29, 1.82) is 0 Å². The predicted molar refractivity (Wildman–Crippen MR) is 142 cm³/mol. The van der Waals surface area contributed by atoms with Gasteiger partial charge < -0.3 is 15.2 Å². The first-order valence-corrected chi connectivity index (χ1v) is 12.8. The van der Waals surface area contributed by atoms with Crippen molar-refractivity contribution in [2.24, 2.45) is 10.2 Å². The maximum Gasteiger partial charge on any atom is 0.294 e. The molecule has 9 nitrogen and oxygen atoms in total. The molecule has 0 aromatic heterocycles. The number of carbonyl (C=O) groups excluding carboxylic acids is 1. The Labute approximate surface area is 222 Å². The number of ether oxygens (including phenoxy) is 1. The van der Waals surface area contributed by atoms with Gasteiger partial charge in [-0.2, -0.15) is 13.5 Å². The molecular formula is C25H19Cl2N3O6S. The van der Waals surface area contributed by atoms with Gasteiger partial charge in [-0.25, -0.2) is 0 Å². The van der Waals surface area contributed by atoms with E-state index in [1.165, 1.54) is 26.2 Å². The lowest BCUT2D eigenvalue weighted by molar-refractivity contribution is 0.102. The number of methoxy groups -OCH3 is 1. The zero-order valence-corrected chi connectivity index (χ0v) is 21.7. The zero-order valence-electron chi connectivity index (χ0n) is 19.4. The number of rotatable bonds is 6. The first-order chi connectivity index (χ1) is 17.5. The second-order valence-corrected chi connectivity index (χ2v) is 10.0. The van der Waals surface area contributed by atoms with E-state index in [9.17, 15) is 22.9 Å². The van der Waals surface area contributed by atoms with E-state index in [0.717, 1.165) is 6.07 Å². The Balaban J connectivity index is 1.82. The molecule has 0 bridgehead atoms. The average Bonchev–Trinajstić information content (AvgIpc) is 2.85. The summed E-state index contributed by atoms with van der Waals surface area (Å²) in [6.07, 6.45) is 0. The molecule has 190 valence electrons. The Morgan fingerprint density at radius 2 is 1.76 bits per heavy atom. The Hall–Kier alpha value is -3.70. The number of benzene rings is 4. The number of phenolic OH excluding ortho intramolecular Hbond substituents is 1. The van der Waals surface area contributed by atoms with Gasteiger partial charge in [-0.1, -0.05) is 53.5 Å². The number of aromatic hydroxyl groups is 1. The van der Waals surface area contributed by atoms with Crippen molar-refractivity contribution in [3.05, 3.63) is 81.8 Å². The van der Waals surface area contributed by atoms with Gasteiger partial charge in [-0.05, 0) is 48.2 Å². The fourth-order valence-electron chi connectivity index (χ4n) is 3.66. The number of hydrogen-bond acceptors (Lipinski definition) is 7. The highest BCUT2D eigenvalue weighted by Gasteiger charge is 2.21. The van der Waals surface area contributed by atoms with Gasteiger partial charge in [0.1, 0.15) is 21.4 Å². The van der Waals surface area contributed by atoms with Crippen LogP contribution in [0.4, 0.5) is 17.1 Å². The van der Waals surface area contributed by atoms with Crippen LogP contribution in [-0.4, -0.2) is 31.1 Å². The van der Waals surface area contributed by atoms with Crippen LogP contribution in [0.1, 0.15) is 15.9 Å². The Kier molecular flexibility index (Phi) is 7.37. The summed E-state index contributed by atoms with van der Waals surface area (Å²) < 4.78 is 38.1. The number of carbonyl (C=O) groups is 1. The van der Waals surface area contributed by atoms with Crippen molar-refractivity contribution < 1.29 is 27.6 Å². The molecule has 37 heavy (non-hydrogen) atoms. The Bertz CT molecular complexity index is 1690. The highest BCUT2D eigenvalue weighted by atomic mass is 35.5. The number of amides is 1. The molecule has 0 radical (unpaired) electrons. The van der Waals surface area contributed by atoms with Gasteiger partial charge in [0.05, 0.1) is 24.0 Å². The van der Waals surface area contributed by atoms with Gasteiger partial charge in [0, 0.05) is 10.4 Å². The summed E-state index contributed by atoms with van der Waals surface area (Å²) in [5.41, 5.74) is 0.275.